The quantitative estimate of drug-likeness (QED) is 0.509. The lowest BCUT2D eigenvalue weighted by Gasteiger charge is -2.34. The Labute approximate surface area is 184 Å². The fourth-order valence-corrected chi connectivity index (χ4v) is 4.86. The van der Waals surface area contributed by atoms with E-state index in [2.05, 4.69) is 93.5 Å². The second-order valence-electron chi connectivity index (χ2n) is 10.7. The zero-order valence-electron chi connectivity index (χ0n) is 20.3. The van der Waals surface area contributed by atoms with Gasteiger partial charge >= 0.3 is 8.60 Å². The van der Waals surface area contributed by atoms with Crippen molar-refractivity contribution in [1.82, 2.24) is 0 Å². The molecule has 2 aromatic rings. The van der Waals surface area contributed by atoms with Gasteiger partial charge < -0.3 is 14.3 Å². The van der Waals surface area contributed by atoms with E-state index in [-0.39, 0.29) is 23.4 Å². The van der Waals surface area contributed by atoms with Crippen LogP contribution in [-0.2, 0) is 15.4 Å². The molecule has 0 heterocycles. The molecule has 0 atom stereocenters. The minimum absolute atomic E-state index is 0.0476. The van der Waals surface area contributed by atoms with Gasteiger partial charge in [-0.25, -0.2) is 0 Å². The van der Waals surface area contributed by atoms with Crippen LogP contribution in [0.3, 0.4) is 0 Å². The summed E-state index contributed by atoms with van der Waals surface area (Å²) in [6.45, 7) is 22.2. The van der Waals surface area contributed by atoms with Crippen molar-refractivity contribution >= 4 is 8.60 Å². The number of hydrogen-bond donors (Lipinski definition) is 2. The maximum Gasteiger partial charge on any atom is 0.327 e. The normalized spacial score (nSPS) is 12.9. The summed E-state index contributed by atoms with van der Waals surface area (Å²) in [5.41, 5.74) is 9.87. The molecule has 0 aliphatic carbocycles. The lowest BCUT2D eigenvalue weighted by Crippen LogP contribution is -2.24. The highest BCUT2D eigenvalue weighted by atomic mass is 31.2. The summed E-state index contributed by atoms with van der Waals surface area (Å²) in [7, 11) is -2.42. The number of rotatable bonds is 5. The maximum absolute atomic E-state index is 9.58. The van der Waals surface area contributed by atoms with E-state index < -0.39 is 8.60 Å². The van der Waals surface area contributed by atoms with E-state index >= 15 is 0 Å². The van der Waals surface area contributed by atoms with Crippen LogP contribution in [0, 0.1) is 27.7 Å². The maximum atomic E-state index is 9.58. The van der Waals surface area contributed by atoms with Crippen molar-refractivity contribution in [2.24, 2.45) is 0 Å². The van der Waals surface area contributed by atoms with Gasteiger partial charge in [0.1, 0.15) is 0 Å². The fraction of sp³-hybridized carbons (Fsp3) is 0.538. The van der Waals surface area contributed by atoms with Crippen LogP contribution in [0.2, 0.25) is 0 Å². The first-order valence-electron chi connectivity index (χ1n) is 10.7. The SMILES string of the molecule is Cc1cc(C)c(C(COP(O)O)c2c(C)cc(C)cc2C(C)(C)C)c(C(C)(C)C)c1. The molecular formula is C26H39O3P. The fourth-order valence-electron chi connectivity index (χ4n) is 4.58. The van der Waals surface area contributed by atoms with Crippen LogP contribution in [-0.4, -0.2) is 16.4 Å². The van der Waals surface area contributed by atoms with Gasteiger partial charge in [0, 0.05) is 5.92 Å². The van der Waals surface area contributed by atoms with Gasteiger partial charge in [-0.2, -0.15) is 0 Å². The molecule has 166 valence electrons. The van der Waals surface area contributed by atoms with E-state index in [1.54, 1.807) is 0 Å². The van der Waals surface area contributed by atoms with Gasteiger partial charge in [-0.1, -0.05) is 76.9 Å². The van der Waals surface area contributed by atoms with Crippen molar-refractivity contribution in [3.63, 3.8) is 0 Å². The Balaban J connectivity index is 2.91. The largest absolute Gasteiger partial charge is 0.328 e. The standard InChI is InChI=1S/C26H39O3P/c1-16-11-18(3)23(21(13-16)25(5,6)7)20(15-29-30(27)28)24-19(4)12-17(2)14-22(24)26(8,9)10/h11-14,20,27-28H,15H2,1-10H3. The van der Waals surface area contributed by atoms with Crippen molar-refractivity contribution < 1.29 is 14.3 Å². The molecule has 0 bridgehead atoms. The van der Waals surface area contributed by atoms with Gasteiger partial charge in [-0.15, -0.1) is 0 Å². The van der Waals surface area contributed by atoms with Crippen molar-refractivity contribution in [2.75, 3.05) is 6.61 Å². The average molecular weight is 431 g/mol. The molecule has 0 fully saturated rings. The Kier molecular flexibility index (Phi) is 7.58. The Morgan fingerprint density at radius 3 is 1.40 bits per heavy atom. The molecule has 0 spiro atoms. The molecule has 0 saturated carbocycles. The van der Waals surface area contributed by atoms with Gasteiger partial charge in [0.2, 0.25) is 0 Å². The van der Waals surface area contributed by atoms with Crippen LogP contribution in [0.4, 0.5) is 0 Å². The first kappa shape index (κ1) is 25.0. The predicted octanol–water partition coefficient (Wildman–Crippen LogP) is 6.88. The molecule has 0 aliphatic rings. The second kappa shape index (κ2) is 9.09. The van der Waals surface area contributed by atoms with Gasteiger partial charge in [-0.05, 0) is 71.9 Å². The van der Waals surface area contributed by atoms with Gasteiger partial charge in [0.25, 0.3) is 0 Å². The lowest BCUT2D eigenvalue weighted by molar-refractivity contribution is 0.245. The summed E-state index contributed by atoms with van der Waals surface area (Å²) in [6.07, 6.45) is 0. The van der Waals surface area contributed by atoms with Gasteiger partial charge in [-0.3, -0.25) is 0 Å². The molecular weight excluding hydrogens is 391 g/mol. The van der Waals surface area contributed by atoms with Gasteiger partial charge in [0.15, 0.2) is 0 Å². The number of benzene rings is 2. The zero-order chi connectivity index (χ0) is 23.0. The van der Waals surface area contributed by atoms with Crippen molar-refractivity contribution in [3.05, 3.63) is 68.8 Å². The Morgan fingerprint density at radius 1 is 0.733 bits per heavy atom. The van der Waals surface area contributed by atoms with Crippen LogP contribution in [0.5, 0.6) is 0 Å². The smallest absolute Gasteiger partial charge is 0.327 e. The highest BCUT2D eigenvalue weighted by molar-refractivity contribution is 7.39. The molecule has 0 amide bonds. The van der Waals surface area contributed by atoms with E-state index in [9.17, 15) is 9.79 Å². The molecule has 2 aromatic carbocycles. The Morgan fingerprint density at radius 2 is 1.10 bits per heavy atom. The molecule has 4 heteroatoms. The molecule has 0 radical (unpaired) electrons. The Bertz CT molecular complexity index is 832. The molecule has 3 nitrogen and oxygen atoms in total. The summed E-state index contributed by atoms with van der Waals surface area (Å²) in [5, 5.41) is 0. The van der Waals surface area contributed by atoms with Gasteiger partial charge in [0.05, 0.1) is 6.61 Å². The molecule has 0 unspecified atom stereocenters. The molecule has 0 saturated heterocycles. The minimum atomic E-state index is -2.42. The Hall–Kier alpha value is -1.25. The van der Waals surface area contributed by atoms with Crippen molar-refractivity contribution in [2.45, 2.75) is 86.0 Å². The summed E-state index contributed by atoms with van der Waals surface area (Å²) >= 11 is 0. The average Bonchev–Trinajstić information content (AvgIpc) is 2.54. The molecule has 2 rings (SSSR count). The molecule has 0 aliphatic heterocycles. The van der Waals surface area contributed by atoms with Crippen LogP contribution in [0.25, 0.3) is 0 Å². The predicted molar refractivity (Wildman–Crippen MR) is 128 cm³/mol. The highest BCUT2D eigenvalue weighted by Crippen LogP contribution is 2.43. The van der Waals surface area contributed by atoms with E-state index in [1.165, 1.54) is 44.5 Å². The molecule has 0 aromatic heterocycles. The second-order valence-corrected chi connectivity index (χ2v) is 11.5. The monoisotopic (exact) mass is 430 g/mol. The topological polar surface area (TPSA) is 49.7 Å². The number of aryl methyl sites for hydroxylation is 4. The van der Waals surface area contributed by atoms with Crippen molar-refractivity contribution in [1.29, 1.82) is 0 Å². The first-order valence-corrected chi connectivity index (χ1v) is 11.8. The zero-order valence-corrected chi connectivity index (χ0v) is 21.2. The third kappa shape index (κ3) is 5.71. The van der Waals surface area contributed by atoms with Crippen LogP contribution < -0.4 is 0 Å². The third-order valence-corrected chi connectivity index (χ3v) is 6.11. The third-order valence-electron chi connectivity index (χ3n) is 5.73. The van der Waals surface area contributed by atoms with Crippen molar-refractivity contribution in [3.8, 4) is 0 Å². The van der Waals surface area contributed by atoms with Crippen LogP contribution >= 0.6 is 8.60 Å². The first-order chi connectivity index (χ1) is 13.6. The van der Waals surface area contributed by atoms with E-state index in [0.717, 1.165) is 0 Å². The van der Waals surface area contributed by atoms with E-state index in [1.807, 2.05) is 0 Å². The molecule has 2 N–H and O–H groups in total. The van der Waals surface area contributed by atoms with Crippen LogP contribution in [0.1, 0.15) is 92.0 Å². The molecule has 30 heavy (non-hydrogen) atoms. The highest BCUT2D eigenvalue weighted by Gasteiger charge is 2.32. The van der Waals surface area contributed by atoms with Crippen LogP contribution in [0.15, 0.2) is 24.3 Å². The number of hydrogen-bond acceptors (Lipinski definition) is 3. The van der Waals surface area contributed by atoms with E-state index in [4.69, 9.17) is 4.52 Å². The lowest BCUT2D eigenvalue weighted by atomic mass is 9.71. The summed E-state index contributed by atoms with van der Waals surface area (Å²) in [6, 6.07) is 8.99. The summed E-state index contributed by atoms with van der Waals surface area (Å²) < 4.78 is 5.49. The van der Waals surface area contributed by atoms with E-state index in [0.29, 0.717) is 0 Å². The summed E-state index contributed by atoms with van der Waals surface area (Å²) in [5.74, 6) is -0.0843. The summed E-state index contributed by atoms with van der Waals surface area (Å²) in [4.78, 5) is 19.2. The minimum Gasteiger partial charge on any atom is -0.328 e.